The average molecular weight is 338 g/mol. The van der Waals surface area contributed by atoms with Crippen molar-refractivity contribution in [2.24, 2.45) is 0 Å². The predicted octanol–water partition coefficient (Wildman–Crippen LogP) is 1.83. The molecular formula is C18H18N4O3. The number of aromatic nitrogens is 2. The van der Waals surface area contributed by atoms with Crippen LogP contribution in [0.15, 0.2) is 47.2 Å². The number of fused-ring (bicyclic) bond motifs is 1. The first kappa shape index (κ1) is 15.4. The number of piperazine rings is 1. The molecule has 1 fully saturated rings. The zero-order valence-corrected chi connectivity index (χ0v) is 13.9. The number of carbonyl (C=O) groups excluding carboxylic acids is 2. The molecule has 3 aromatic heterocycles. The molecule has 0 radical (unpaired) electrons. The van der Waals surface area contributed by atoms with Crippen LogP contribution in [0.5, 0.6) is 0 Å². The van der Waals surface area contributed by atoms with E-state index in [4.69, 9.17) is 4.42 Å². The van der Waals surface area contributed by atoms with Crippen LogP contribution in [0.1, 0.15) is 26.9 Å². The zero-order valence-electron chi connectivity index (χ0n) is 13.9. The monoisotopic (exact) mass is 338 g/mol. The van der Waals surface area contributed by atoms with Crippen molar-refractivity contribution in [3.63, 3.8) is 0 Å². The molecule has 0 spiro atoms. The molecule has 1 aliphatic heterocycles. The van der Waals surface area contributed by atoms with E-state index in [9.17, 15) is 9.59 Å². The number of pyridine rings is 1. The number of nitrogens with zero attached hydrogens (tertiary/aromatic N) is 4. The van der Waals surface area contributed by atoms with Gasteiger partial charge in [-0.2, -0.15) is 0 Å². The standard InChI is InChI=1S/C18H18N4O3/c1-13-19-16(14-5-2-3-7-22(13)14)18(24)21-10-8-20(9-11-21)17(23)15-6-4-12-25-15/h2-7,12H,8-11H2,1H3. The lowest BCUT2D eigenvalue weighted by molar-refractivity contribution is 0.0516. The van der Waals surface area contributed by atoms with Crippen LogP contribution in [0, 0.1) is 6.92 Å². The number of hydrogen-bond acceptors (Lipinski definition) is 4. The highest BCUT2D eigenvalue weighted by Gasteiger charge is 2.28. The third-order valence-corrected chi connectivity index (χ3v) is 4.51. The van der Waals surface area contributed by atoms with Crippen LogP contribution in [-0.4, -0.2) is 57.2 Å². The third-order valence-electron chi connectivity index (χ3n) is 4.51. The first-order chi connectivity index (χ1) is 12.1. The Morgan fingerprint density at radius 3 is 2.40 bits per heavy atom. The lowest BCUT2D eigenvalue weighted by Gasteiger charge is -2.34. The average Bonchev–Trinajstić information content (AvgIpc) is 3.30. The van der Waals surface area contributed by atoms with Crippen LogP contribution < -0.4 is 0 Å². The molecule has 1 saturated heterocycles. The van der Waals surface area contributed by atoms with Crippen molar-refractivity contribution in [1.29, 1.82) is 0 Å². The normalized spacial score (nSPS) is 14.9. The summed E-state index contributed by atoms with van der Waals surface area (Å²) in [6.45, 7) is 3.81. The Kier molecular flexibility index (Phi) is 3.76. The smallest absolute Gasteiger partial charge is 0.289 e. The molecule has 7 heteroatoms. The minimum Gasteiger partial charge on any atom is -0.459 e. The molecule has 7 nitrogen and oxygen atoms in total. The maximum Gasteiger partial charge on any atom is 0.289 e. The van der Waals surface area contributed by atoms with Gasteiger partial charge in [0.2, 0.25) is 0 Å². The Morgan fingerprint density at radius 2 is 1.72 bits per heavy atom. The van der Waals surface area contributed by atoms with E-state index in [1.165, 1.54) is 6.26 Å². The SMILES string of the molecule is Cc1nc(C(=O)N2CCN(C(=O)c3ccco3)CC2)c2ccccn12. The first-order valence-corrected chi connectivity index (χ1v) is 8.21. The molecule has 2 amide bonds. The molecule has 0 N–H and O–H groups in total. The van der Waals surface area contributed by atoms with Gasteiger partial charge in [-0.15, -0.1) is 0 Å². The molecule has 0 unspecified atom stereocenters. The minimum atomic E-state index is -0.139. The summed E-state index contributed by atoms with van der Waals surface area (Å²) in [7, 11) is 0. The first-order valence-electron chi connectivity index (χ1n) is 8.21. The highest BCUT2D eigenvalue weighted by Crippen LogP contribution is 2.17. The second kappa shape index (κ2) is 6.08. The maximum absolute atomic E-state index is 12.9. The van der Waals surface area contributed by atoms with Gasteiger partial charge in [-0.1, -0.05) is 6.07 Å². The van der Waals surface area contributed by atoms with Crippen molar-refractivity contribution in [3.05, 3.63) is 60.1 Å². The maximum atomic E-state index is 12.9. The Labute approximate surface area is 144 Å². The fourth-order valence-corrected chi connectivity index (χ4v) is 3.17. The van der Waals surface area contributed by atoms with Gasteiger partial charge in [0, 0.05) is 32.4 Å². The van der Waals surface area contributed by atoms with Crippen molar-refractivity contribution in [3.8, 4) is 0 Å². The van der Waals surface area contributed by atoms with E-state index in [0.717, 1.165) is 11.3 Å². The summed E-state index contributed by atoms with van der Waals surface area (Å²) in [5, 5.41) is 0. The van der Waals surface area contributed by atoms with Crippen LogP contribution in [0.25, 0.3) is 5.52 Å². The molecule has 25 heavy (non-hydrogen) atoms. The van der Waals surface area contributed by atoms with Crippen LogP contribution in [-0.2, 0) is 0 Å². The number of aryl methyl sites for hydroxylation is 1. The fraction of sp³-hybridized carbons (Fsp3) is 0.278. The topological polar surface area (TPSA) is 71.1 Å². The van der Waals surface area contributed by atoms with Gasteiger partial charge in [0.25, 0.3) is 11.8 Å². The number of hydrogen-bond donors (Lipinski definition) is 0. The van der Waals surface area contributed by atoms with Gasteiger partial charge in [-0.3, -0.25) is 9.59 Å². The summed E-state index contributed by atoms with van der Waals surface area (Å²) in [6.07, 6.45) is 3.38. The van der Waals surface area contributed by atoms with Crippen molar-refractivity contribution >= 4 is 17.3 Å². The van der Waals surface area contributed by atoms with Crippen LogP contribution >= 0.6 is 0 Å². The molecule has 1 aliphatic rings. The van der Waals surface area contributed by atoms with E-state index in [2.05, 4.69) is 4.98 Å². The summed E-state index contributed by atoms with van der Waals surface area (Å²) >= 11 is 0. The number of imidazole rings is 1. The van der Waals surface area contributed by atoms with E-state index in [-0.39, 0.29) is 11.8 Å². The van der Waals surface area contributed by atoms with Gasteiger partial charge in [0.15, 0.2) is 11.5 Å². The Hall–Kier alpha value is -3.09. The second-order valence-corrected chi connectivity index (χ2v) is 6.03. The van der Waals surface area contributed by atoms with Crippen LogP contribution in [0.2, 0.25) is 0 Å². The zero-order chi connectivity index (χ0) is 17.4. The molecule has 128 valence electrons. The summed E-state index contributed by atoms with van der Waals surface area (Å²) in [6, 6.07) is 9.05. The quantitative estimate of drug-likeness (QED) is 0.715. The molecule has 0 aromatic carbocycles. The van der Waals surface area contributed by atoms with E-state index >= 15 is 0 Å². The number of carbonyl (C=O) groups is 2. The van der Waals surface area contributed by atoms with E-state index < -0.39 is 0 Å². The molecule has 3 aromatic rings. The highest BCUT2D eigenvalue weighted by atomic mass is 16.3. The van der Waals surface area contributed by atoms with E-state index in [0.29, 0.717) is 37.6 Å². The van der Waals surface area contributed by atoms with Gasteiger partial charge >= 0.3 is 0 Å². The fourth-order valence-electron chi connectivity index (χ4n) is 3.17. The number of furan rings is 1. The molecule has 0 atom stereocenters. The van der Waals surface area contributed by atoms with Gasteiger partial charge < -0.3 is 18.6 Å². The lowest BCUT2D eigenvalue weighted by atomic mass is 10.2. The molecule has 0 saturated carbocycles. The largest absolute Gasteiger partial charge is 0.459 e. The molecule has 0 bridgehead atoms. The van der Waals surface area contributed by atoms with Gasteiger partial charge in [-0.05, 0) is 31.2 Å². The van der Waals surface area contributed by atoms with Gasteiger partial charge in [0.1, 0.15) is 5.82 Å². The van der Waals surface area contributed by atoms with Gasteiger partial charge in [0.05, 0.1) is 11.8 Å². The number of amides is 2. The van der Waals surface area contributed by atoms with Crippen molar-refractivity contribution < 1.29 is 14.0 Å². The van der Waals surface area contributed by atoms with E-state index in [1.807, 2.05) is 35.7 Å². The molecular weight excluding hydrogens is 320 g/mol. The number of rotatable bonds is 2. The Balaban J connectivity index is 1.49. The minimum absolute atomic E-state index is 0.0955. The lowest BCUT2D eigenvalue weighted by Crippen LogP contribution is -2.50. The summed E-state index contributed by atoms with van der Waals surface area (Å²) in [5.74, 6) is 0.878. The molecule has 4 rings (SSSR count). The van der Waals surface area contributed by atoms with Crippen molar-refractivity contribution in [1.82, 2.24) is 19.2 Å². The predicted molar refractivity (Wildman–Crippen MR) is 90.4 cm³/mol. The molecule has 4 heterocycles. The van der Waals surface area contributed by atoms with Crippen LogP contribution in [0.3, 0.4) is 0 Å². The van der Waals surface area contributed by atoms with E-state index in [1.54, 1.807) is 21.9 Å². The highest BCUT2D eigenvalue weighted by molar-refractivity contribution is 5.99. The van der Waals surface area contributed by atoms with Crippen molar-refractivity contribution in [2.45, 2.75) is 6.92 Å². The van der Waals surface area contributed by atoms with Gasteiger partial charge in [-0.25, -0.2) is 4.98 Å². The third kappa shape index (κ3) is 2.67. The second-order valence-electron chi connectivity index (χ2n) is 6.03. The Morgan fingerprint density at radius 1 is 1.00 bits per heavy atom. The Bertz CT molecular complexity index is 921. The summed E-state index contributed by atoms with van der Waals surface area (Å²) < 4.78 is 7.07. The summed E-state index contributed by atoms with van der Waals surface area (Å²) in [4.78, 5) is 33.1. The molecule has 0 aliphatic carbocycles. The van der Waals surface area contributed by atoms with Crippen LogP contribution in [0.4, 0.5) is 0 Å². The summed E-state index contributed by atoms with van der Waals surface area (Å²) in [5.41, 5.74) is 1.27. The van der Waals surface area contributed by atoms with Crippen molar-refractivity contribution in [2.75, 3.05) is 26.2 Å².